The van der Waals surface area contributed by atoms with Crippen LogP contribution in [0.2, 0.25) is 0 Å². The van der Waals surface area contributed by atoms with Gasteiger partial charge in [-0.05, 0) is 48.9 Å². The summed E-state index contributed by atoms with van der Waals surface area (Å²) < 4.78 is 21.8. The minimum absolute atomic E-state index is 0.0562. The number of aryl methyl sites for hydroxylation is 1. The standard InChI is InChI=1S/C26H25FN6O2/c1-17-14-19(7-8-20(17)26(34)32(2)3)31-24-25-30-16-22(33(25)12-11-29-24)18-6-9-23(21(27)15-18)35-13-5-4-10-28/h6-9,11-12,14-16H,10,13,28H2,1-3H3,(H,29,31). The van der Waals surface area contributed by atoms with Crippen LogP contribution in [-0.4, -0.2) is 52.4 Å². The maximum absolute atomic E-state index is 14.6. The summed E-state index contributed by atoms with van der Waals surface area (Å²) in [5.74, 6) is 5.47. The van der Waals surface area contributed by atoms with Crippen molar-refractivity contribution in [1.29, 1.82) is 0 Å². The van der Waals surface area contributed by atoms with Crippen molar-refractivity contribution < 1.29 is 13.9 Å². The Kier molecular flexibility index (Phi) is 6.94. The number of hydrogen-bond donors (Lipinski definition) is 2. The maximum atomic E-state index is 14.6. The Morgan fingerprint density at radius 2 is 2.03 bits per heavy atom. The van der Waals surface area contributed by atoms with Gasteiger partial charge >= 0.3 is 0 Å². The second-order valence-corrected chi connectivity index (χ2v) is 7.96. The van der Waals surface area contributed by atoms with Crippen molar-refractivity contribution in [2.24, 2.45) is 5.73 Å². The molecule has 0 aliphatic carbocycles. The first-order valence-electron chi connectivity index (χ1n) is 10.9. The van der Waals surface area contributed by atoms with Crippen LogP contribution in [0.15, 0.2) is 55.0 Å². The summed E-state index contributed by atoms with van der Waals surface area (Å²) >= 11 is 0. The molecule has 2 aromatic carbocycles. The van der Waals surface area contributed by atoms with Crippen molar-refractivity contribution in [2.75, 3.05) is 32.6 Å². The van der Waals surface area contributed by atoms with Gasteiger partial charge in [0.2, 0.25) is 0 Å². The molecule has 0 spiro atoms. The van der Waals surface area contributed by atoms with Gasteiger partial charge in [-0.3, -0.25) is 9.20 Å². The smallest absolute Gasteiger partial charge is 0.253 e. The lowest BCUT2D eigenvalue weighted by Crippen LogP contribution is -2.22. The zero-order chi connectivity index (χ0) is 24.9. The number of hydrogen-bond acceptors (Lipinski definition) is 6. The Labute approximate surface area is 202 Å². The number of carbonyl (C=O) groups is 1. The van der Waals surface area contributed by atoms with E-state index in [-0.39, 0.29) is 24.8 Å². The van der Waals surface area contributed by atoms with Crippen molar-refractivity contribution >= 4 is 23.1 Å². The average Bonchev–Trinajstić information content (AvgIpc) is 3.27. The zero-order valence-corrected chi connectivity index (χ0v) is 19.7. The SMILES string of the molecule is Cc1cc(Nc2nccn3c(-c4ccc(OCC#CCN)c(F)c4)cnc23)ccc1C(=O)N(C)C. The van der Waals surface area contributed by atoms with Gasteiger partial charge in [0, 0.05) is 43.3 Å². The third kappa shape index (κ3) is 5.08. The topological polar surface area (TPSA) is 97.8 Å². The Morgan fingerprint density at radius 3 is 2.74 bits per heavy atom. The van der Waals surface area contributed by atoms with Crippen LogP contribution in [0.4, 0.5) is 15.9 Å². The Bertz CT molecular complexity index is 1450. The first-order valence-corrected chi connectivity index (χ1v) is 10.9. The van der Waals surface area contributed by atoms with Crippen molar-refractivity contribution in [1.82, 2.24) is 19.3 Å². The lowest BCUT2D eigenvalue weighted by atomic mass is 10.1. The second-order valence-electron chi connectivity index (χ2n) is 7.96. The molecule has 4 aromatic rings. The number of nitrogens with two attached hydrogens (primary N) is 1. The largest absolute Gasteiger partial charge is 0.478 e. The predicted molar refractivity (Wildman–Crippen MR) is 133 cm³/mol. The highest BCUT2D eigenvalue weighted by Crippen LogP contribution is 2.29. The fraction of sp³-hybridized carbons (Fsp3) is 0.192. The van der Waals surface area contributed by atoms with E-state index >= 15 is 0 Å². The quantitative estimate of drug-likeness (QED) is 0.416. The maximum Gasteiger partial charge on any atom is 0.253 e. The van der Waals surface area contributed by atoms with E-state index in [0.717, 1.165) is 11.3 Å². The van der Waals surface area contributed by atoms with Crippen LogP contribution in [-0.2, 0) is 0 Å². The molecule has 4 rings (SSSR count). The summed E-state index contributed by atoms with van der Waals surface area (Å²) in [7, 11) is 3.44. The minimum atomic E-state index is -0.498. The summed E-state index contributed by atoms with van der Waals surface area (Å²) in [5.41, 5.74) is 9.47. The highest BCUT2D eigenvalue weighted by atomic mass is 19.1. The van der Waals surface area contributed by atoms with Crippen molar-refractivity contribution in [3.8, 4) is 28.8 Å². The third-order valence-electron chi connectivity index (χ3n) is 5.31. The van der Waals surface area contributed by atoms with E-state index in [2.05, 4.69) is 27.1 Å². The molecule has 0 radical (unpaired) electrons. The monoisotopic (exact) mass is 472 g/mol. The number of ether oxygens (including phenoxy) is 1. The number of fused-ring (bicyclic) bond motifs is 1. The number of nitrogens with one attached hydrogen (secondary N) is 1. The molecular weight excluding hydrogens is 447 g/mol. The molecule has 35 heavy (non-hydrogen) atoms. The molecule has 0 saturated heterocycles. The van der Waals surface area contributed by atoms with E-state index in [1.807, 2.05) is 23.5 Å². The van der Waals surface area contributed by atoms with E-state index in [4.69, 9.17) is 10.5 Å². The number of imidazole rings is 1. The van der Waals surface area contributed by atoms with Gasteiger partial charge in [-0.2, -0.15) is 0 Å². The lowest BCUT2D eigenvalue weighted by Gasteiger charge is -2.14. The molecule has 0 saturated carbocycles. The molecule has 2 aromatic heterocycles. The number of carbonyl (C=O) groups excluding carboxylic acids is 1. The number of anilines is 2. The van der Waals surface area contributed by atoms with E-state index in [9.17, 15) is 9.18 Å². The van der Waals surface area contributed by atoms with Crippen LogP contribution in [0, 0.1) is 24.6 Å². The van der Waals surface area contributed by atoms with Gasteiger partial charge < -0.3 is 20.7 Å². The highest BCUT2D eigenvalue weighted by Gasteiger charge is 2.15. The van der Waals surface area contributed by atoms with Crippen LogP contribution >= 0.6 is 0 Å². The van der Waals surface area contributed by atoms with Gasteiger partial charge in [0.1, 0.15) is 6.61 Å². The first kappa shape index (κ1) is 23.7. The molecule has 0 bridgehead atoms. The molecule has 0 atom stereocenters. The van der Waals surface area contributed by atoms with E-state index in [1.54, 1.807) is 55.8 Å². The molecule has 0 unspecified atom stereocenters. The summed E-state index contributed by atoms with van der Waals surface area (Å²) in [5, 5.41) is 3.27. The third-order valence-corrected chi connectivity index (χ3v) is 5.31. The summed E-state index contributed by atoms with van der Waals surface area (Å²) in [6, 6.07) is 10.2. The molecule has 178 valence electrons. The molecule has 0 aliphatic heterocycles. The number of rotatable bonds is 6. The molecule has 1 amide bonds. The fourth-order valence-electron chi connectivity index (χ4n) is 3.59. The number of amides is 1. The van der Waals surface area contributed by atoms with Crippen molar-refractivity contribution in [3.05, 3.63) is 71.9 Å². The average molecular weight is 473 g/mol. The molecule has 9 heteroatoms. The molecule has 8 nitrogen and oxygen atoms in total. The molecule has 0 fully saturated rings. The Hall–Kier alpha value is -4.42. The highest BCUT2D eigenvalue weighted by molar-refractivity contribution is 5.95. The zero-order valence-electron chi connectivity index (χ0n) is 19.7. The van der Waals surface area contributed by atoms with E-state index in [1.165, 1.54) is 6.07 Å². The first-order chi connectivity index (χ1) is 16.9. The molecule has 3 N–H and O–H groups in total. The Balaban J connectivity index is 1.60. The van der Waals surface area contributed by atoms with Crippen molar-refractivity contribution in [3.63, 3.8) is 0 Å². The van der Waals surface area contributed by atoms with Gasteiger partial charge in [-0.25, -0.2) is 14.4 Å². The van der Waals surface area contributed by atoms with Crippen LogP contribution in [0.1, 0.15) is 15.9 Å². The van der Waals surface area contributed by atoms with E-state index in [0.29, 0.717) is 28.3 Å². The Morgan fingerprint density at radius 1 is 1.20 bits per heavy atom. The molecule has 0 aliphatic rings. The van der Waals surface area contributed by atoms with Crippen LogP contribution < -0.4 is 15.8 Å². The van der Waals surface area contributed by atoms with Crippen molar-refractivity contribution in [2.45, 2.75) is 6.92 Å². The van der Waals surface area contributed by atoms with Crippen LogP contribution in [0.25, 0.3) is 16.9 Å². The minimum Gasteiger partial charge on any atom is -0.478 e. The van der Waals surface area contributed by atoms with Gasteiger partial charge in [0.05, 0.1) is 18.4 Å². The van der Waals surface area contributed by atoms with Gasteiger partial charge in [0.25, 0.3) is 5.91 Å². The second kappa shape index (κ2) is 10.2. The van der Waals surface area contributed by atoms with Crippen LogP contribution in [0.5, 0.6) is 5.75 Å². The predicted octanol–water partition coefficient (Wildman–Crippen LogP) is 3.63. The number of halogens is 1. The number of nitrogens with zero attached hydrogens (tertiary/aromatic N) is 4. The van der Waals surface area contributed by atoms with Crippen LogP contribution in [0.3, 0.4) is 0 Å². The summed E-state index contributed by atoms with van der Waals surface area (Å²) in [6.45, 7) is 2.18. The summed E-state index contributed by atoms with van der Waals surface area (Å²) in [4.78, 5) is 22.8. The number of benzene rings is 2. The lowest BCUT2D eigenvalue weighted by molar-refractivity contribution is 0.0827. The van der Waals surface area contributed by atoms with Gasteiger partial charge in [-0.1, -0.05) is 11.8 Å². The van der Waals surface area contributed by atoms with Gasteiger partial charge in [0.15, 0.2) is 23.0 Å². The summed E-state index contributed by atoms with van der Waals surface area (Å²) in [6.07, 6.45) is 5.06. The normalized spacial score (nSPS) is 10.5. The fourth-order valence-corrected chi connectivity index (χ4v) is 3.59. The van der Waals surface area contributed by atoms with E-state index < -0.39 is 5.82 Å². The molecular formula is C26H25FN6O2. The number of aromatic nitrogens is 3. The van der Waals surface area contributed by atoms with Gasteiger partial charge in [-0.15, -0.1) is 0 Å². The molecule has 2 heterocycles.